The monoisotopic (exact) mass is 404 g/mol. The summed E-state index contributed by atoms with van der Waals surface area (Å²) in [5, 5.41) is 12.2. The second kappa shape index (κ2) is 7.76. The number of amides is 2. The molecule has 0 spiro atoms. The first-order chi connectivity index (χ1) is 14.4. The van der Waals surface area contributed by atoms with Crippen molar-refractivity contribution in [3.63, 3.8) is 0 Å². The molecule has 1 saturated heterocycles. The Morgan fingerprint density at radius 2 is 1.90 bits per heavy atom. The van der Waals surface area contributed by atoms with Gasteiger partial charge in [-0.2, -0.15) is 5.26 Å². The minimum atomic E-state index is -0.969. The fourth-order valence-corrected chi connectivity index (χ4v) is 4.01. The van der Waals surface area contributed by atoms with Crippen LogP contribution in [0.5, 0.6) is 0 Å². The second-order valence-corrected chi connectivity index (χ2v) is 8.01. The van der Waals surface area contributed by atoms with E-state index in [1.54, 1.807) is 43.1 Å². The van der Waals surface area contributed by atoms with Crippen molar-refractivity contribution in [3.05, 3.63) is 48.2 Å². The molecule has 4 rings (SSSR count). The molecule has 0 radical (unpaired) electrons. The van der Waals surface area contributed by atoms with Gasteiger partial charge in [0.15, 0.2) is 0 Å². The molecule has 154 valence electrons. The third-order valence-electron chi connectivity index (χ3n) is 5.70. The predicted octanol–water partition coefficient (Wildman–Crippen LogP) is 1.84. The third-order valence-corrected chi connectivity index (χ3v) is 5.70. The summed E-state index contributed by atoms with van der Waals surface area (Å²) in [5.74, 6) is 0.388. The molecule has 1 fully saturated rings. The summed E-state index contributed by atoms with van der Waals surface area (Å²) in [6.45, 7) is 6.47. The molecule has 2 aliphatic heterocycles. The van der Waals surface area contributed by atoms with Gasteiger partial charge in [0.05, 0.1) is 23.5 Å². The average molecular weight is 404 g/mol. The lowest BCUT2D eigenvalue weighted by Gasteiger charge is -2.43. The average Bonchev–Trinajstić information content (AvgIpc) is 2.75. The van der Waals surface area contributed by atoms with E-state index in [-0.39, 0.29) is 18.4 Å². The molecular formula is C22H24N6O2. The van der Waals surface area contributed by atoms with E-state index >= 15 is 0 Å². The van der Waals surface area contributed by atoms with Gasteiger partial charge in [-0.1, -0.05) is 12.1 Å². The van der Waals surface area contributed by atoms with E-state index in [2.05, 4.69) is 26.2 Å². The van der Waals surface area contributed by atoms with Crippen LogP contribution in [-0.2, 0) is 9.59 Å². The number of carbonyl (C=O) groups excluding carboxylic acids is 2. The van der Waals surface area contributed by atoms with Crippen LogP contribution in [0.15, 0.2) is 42.6 Å². The van der Waals surface area contributed by atoms with E-state index in [4.69, 9.17) is 0 Å². The first-order valence-corrected chi connectivity index (χ1v) is 9.98. The normalized spacial score (nSPS) is 18.4. The second-order valence-electron chi connectivity index (χ2n) is 8.01. The van der Waals surface area contributed by atoms with Crippen molar-refractivity contribution in [2.24, 2.45) is 0 Å². The van der Waals surface area contributed by atoms with Crippen LogP contribution in [0.4, 0.5) is 17.2 Å². The van der Waals surface area contributed by atoms with E-state index in [0.29, 0.717) is 43.2 Å². The summed E-state index contributed by atoms with van der Waals surface area (Å²) in [6, 6.07) is 13.1. The van der Waals surface area contributed by atoms with Gasteiger partial charge in [-0.15, -0.1) is 0 Å². The zero-order chi connectivity index (χ0) is 21.3. The molecule has 0 saturated carbocycles. The molecule has 0 aliphatic carbocycles. The molecule has 2 amide bonds. The molecule has 0 bridgehead atoms. The minimum absolute atomic E-state index is 0.105. The fraction of sp³-hybridized carbons (Fsp3) is 0.364. The first kappa shape index (κ1) is 19.9. The smallest absolute Gasteiger partial charge is 0.250 e. The predicted molar refractivity (Wildman–Crippen MR) is 114 cm³/mol. The van der Waals surface area contributed by atoms with E-state index in [1.165, 1.54) is 0 Å². The Balaban J connectivity index is 1.46. The highest BCUT2D eigenvalue weighted by atomic mass is 16.2. The van der Waals surface area contributed by atoms with Crippen molar-refractivity contribution >= 4 is 29.0 Å². The highest BCUT2D eigenvalue weighted by molar-refractivity contribution is 6.14. The van der Waals surface area contributed by atoms with Gasteiger partial charge in [0.25, 0.3) is 0 Å². The van der Waals surface area contributed by atoms with Crippen molar-refractivity contribution in [3.8, 4) is 6.07 Å². The number of piperazine rings is 1. The third kappa shape index (κ3) is 3.48. The zero-order valence-electron chi connectivity index (χ0n) is 17.1. The maximum absolute atomic E-state index is 13.3. The number of anilines is 3. The van der Waals surface area contributed by atoms with E-state index in [0.717, 1.165) is 5.69 Å². The Bertz CT molecular complexity index is 1020. The SMILES string of the molecule is CC1(C)C(=O)Nc2ccccc2N1C(=O)CN1CCN(c2ncccc2C#N)CC1. The summed E-state index contributed by atoms with van der Waals surface area (Å²) < 4.78 is 0. The number of para-hydroxylation sites is 2. The summed E-state index contributed by atoms with van der Waals surface area (Å²) in [5.41, 5.74) is 0.958. The molecule has 2 aromatic rings. The summed E-state index contributed by atoms with van der Waals surface area (Å²) >= 11 is 0. The van der Waals surface area contributed by atoms with Crippen LogP contribution >= 0.6 is 0 Å². The number of carbonyl (C=O) groups is 2. The van der Waals surface area contributed by atoms with Gasteiger partial charge in [-0.3, -0.25) is 19.4 Å². The maximum Gasteiger partial charge on any atom is 0.250 e. The molecule has 8 heteroatoms. The van der Waals surface area contributed by atoms with Crippen molar-refractivity contribution in [2.45, 2.75) is 19.4 Å². The zero-order valence-corrected chi connectivity index (χ0v) is 17.1. The summed E-state index contributed by atoms with van der Waals surface area (Å²) in [4.78, 5) is 36.0. The highest BCUT2D eigenvalue weighted by Gasteiger charge is 2.43. The Labute approximate surface area is 175 Å². The van der Waals surface area contributed by atoms with Crippen LogP contribution in [0, 0.1) is 11.3 Å². The van der Waals surface area contributed by atoms with E-state index in [1.807, 2.05) is 18.2 Å². The lowest BCUT2D eigenvalue weighted by atomic mass is 9.96. The molecule has 30 heavy (non-hydrogen) atoms. The van der Waals surface area contributed by atoms with Crippen molar-refractivity contribution < 1.29 is 9.59 Å². The number of pyridine rings is 1. The Morgan fingerprint density at radius 3 is 2.63 bits per heavy atom. The van der Waals surface area contributed by atoms with Crippen LogP contribution in [0.1, 0.15) is 19.4 Å². The number of benzene rings is 1. The molecule has 3 heterocycles. The molecule has 2 aliphatic rings. The summed E-state index contributed by atoms with van der Waals surface area (Å²) in [6.07, 6.45) is 1.69. The number of hydrogen-bond donors (Lipinski definition) is 1. The topological polar surface area (TPSA) is 92.6 Å². The quantitative estimate of drug-likeness (QED) is 0.839. The summed E-state index contributed by atoms with van der Waals surface area (Å²) in [7, 11) is 0. The lowest BCUT2D eigenvalue weighted by molar-refractivity contribution is -0.127. The number of nitrogens with zero attached hydrogens (tertiary/aromatic N) is 5. The van der Waals surface area contributed by atoms with E-state index < -0.39 is 5.54 Å². The first-order valence-electron chi connectivity index (χ1n) is 9.98. The number of rotatable bonds is 3. The molecule has 1 aromatic carbocycles. The van der Waals surface area contributed by atoms with Gasteiger partial charge in [0, 0.05) is 32.4 Å². The van der Waals surface area contributed by atoms with Gasteiger partial charge in [0.1, 0.15) is 17.4 Å². The van der Waals surface area contributed by atoms with Crippen molar-refractivity contribution in [2.75, 3.05) is 47.8 Å². The van der Waals surface area contributed by atoms with Crippen molar-refractivity contribution in [1.29, 1.82) is 5.26 Å². The number of nitrogens with one attached hydrogen (secondary N) is 1. The van der Waals surface area contributed by atoms with Gasteiger partial charge in [-0.05, 0) is 38.1 Å². The van der Waals surface area contributed by atoms with Crippen molar-refractivity contribution in [1.82, 2.24) is 9.88 Å². The lowest BCUT2D eigenvalue weighted by Crippen LogP contribution is -2.61. The molecule has 0 atom stereocenters. The van der Waals surface area contributed by atoms with Gasteiger partial charge in [-0.25, -0.2) is 4.98 Å². The standard InChI is InChI=1S/C22H24N6O2/c1-22(2)21(30)25-17-7-3-4-8-18(17)28(22)19(29)15-26-10-12-27(13-11-26)20-16(14-23)6-5-9-24-20/h3-9H,10-13,15H2,1-2H3,(H,25,30). The largest absolute Gasteiger partial charge is 0.353 e. The maximum atomic E-state index is 13.3. The number of nitriles is 1. The minimum Gasteiger partial charge on any atom is -0.353 e. The van der Waals surface area contributed by atoms with Gasteiger partial charge < -0.3 is 10.2 Å². The molecule has 1 N–H and O–H groups in total. The Morgan fingerprint density at radius 1 is 1.17 bits per heavy atom. The van der Waals surface area contributed by atoms with Gasteiger partial charge in [0.2, 0.25) is 11.8 Å². The number of aromatic nitrogens is 1. The van der Waals surface area contributed by atoms with Crippen LogP contribution < -0.4 is 15.1 Å². The van der Waals surface area contributed by atoms with Crippen LogP contribution in [-0.4, -0.2) is 60.0 Å². The fourth-order valence-electron chi connectivity index (χ4n) is 4.01. The number of fused-ring (bicyclic) bond motifs is 1. The Kier molecular flexibility index (Phi) is 5.14. The highest BCUT2D eigenvalue weighted by Crippen LogP contribution is 2.36. The molecule has 8 nitrogen and oxygen atoms in total. The van der Waals surface area contributed by atoms with Crippen LogP contribution in [0.2, 0.25) is 0 Å². The van der Waals surface area contributed by atoms with E-state index in [9.17, 15) is 14.9 Å². The van der Waals surface area contributed by atoms with Gasteiger partial charge >= 0.3 is 0 Å². The molecule has 1 aromatic heterocycles. The van der Waals surface area contributed by atoms with Crippen LogP contribution in [0.25, 0.3) is 0 Å². The number of hydrogen-bond acceptors (Lipinski definition) is 6. The Hall–Kier alpha value is -3.44. The molecular weight excluding hydrogens is 380 g/mol. The molecule has 0 unspecified atom stereocenters. The van der Waals surface area contributed by atoms with Crippen LogP contribution in [0.3, 0.4) is 0 Å².